The van der Waals surface area contributed by atoms with Gasteiger partial charge in [0.1, 0.15) is 18.2 Å². The Hall–Kier alpha value is -1.55. The summed E-state index contributed by atoms with van der Waals surface area (Å²) >= 11 is 3.22. The van der Waals surface area contributed by atoms with Gasteiger partial charge in [0.2, 0.25) is 0 Å². The quantitative estimate of drug-likeness (QED) is 0.851. The van der Waals surface area contributed by atoms with E-state index in [0.717, 1.165) is 11.1 Å². The van der Waals surface area contributed by atoms with Crippen LogP contribution in [0.5, 0.6) is 5.75 Å². The number of ether oxygens (including phenoxy) is 1. The highest BCUT2D eigenvalue weighted by molar-refractivity contribution is 9.10. The minimum absolute atomic E-state index is 0.183. The van der Waals surface area contributed by atoms with E-state index >= 15 is 0 Å². The summed E-state index contributed by atoms with van der Waals surface area (Å²) in [5, 5.41) is 0. The molecule has 0 spiro atoms. The fourth-order valence-electron chi connectivity index (χ4n) is 1.80. The third-order valence-corrected chi connectivity index (χ3v) is 3.46. The van der Waals surface area contributed by atoms with Crippen LogP contribution in [0.3, 0.4) is 0 Å². The molecule has 4 heteroatoms. The molecule has 0 saturated heterocycles. The van der Waals surface area contributed by atoms with E-state index in [4.69, 9.17) is 10.5 Å². The first-order chi connectivity index (χ1) is 8.97. The highest BCUT2D eigenvalue weighted by Crippen LogP contribution is 2.25. The van der Waals surface area contributed by atoms with Gasteiger partial charge in [-0.1, -0.05) is 28.1 Å². The van der Waals surface area contributed by atoms with Crippen LogP contribution in [0.1, 0.15) is 16.7 Å². The van der Waals surface area contributed by atoms with Gasteiger partial charge in [-0.15, -0.1) is 0 Å². The molecule has 19 heavy (non-hydrogen) atoms. The van der Waals surface area contributed by atoms with Gasteiger partial charge in [0.15, 0.2) is 0 Å². The van der Waals surface area contributed by atoms with Crippen molar-refractivity contribution in [3.8, 4) is 5.75 Å². The number of benzene rings is 2. The Bertz CT molecular complexity index is 613. The Morgan fingerprint density at radius 2 is 1.89 bits per heavy atom. The zero-order chi connectivity index (χ0) is 14.0. The Labute approximate surface area is 120 Å². The molecule has 0 amide bonds. The van der Waals surface area contributed by atoms with Gasteiger partial charge < -0.3 is 10.5 Å². The maximum atomic E-state index is 13.7. The molecule has 2 aromatic carbocycles. The van der Waals surface area contributed by atoms with Gasteiger partial charge in [-0.25, -0.2) is 4.39 Å². The second-order valence-corrected chi connectivity index (χ2v) is 5.41. The topological polar surface area (TPSA) is 35.2 Å². The molecule has 0 fully saturated rings. The van der Waals surface area contributed by atoms with Crippen LogP contribution in [0, 0.1) is 19.7 Å². The van der Waals surface area contributed by atoms with Crippen LogP contribution in [-0.2, 0) is 6.61 Å². The first kappa shape index (κ1) is 13.9. The number of nitrogen functional groups attached to an aromatic ring is 1. The average Bonchev–Trinajstić information content (AvgIpc) is 2.34. The molecule has 0 bridgehead atoms. The molecule has 0 saturated carbocycles. The largest absolute Gasteiger partial charge is 0.488 e. The SMILES string of the molecule is Cc1cc(C)c(OCc2ccc(Br)cc2F)cc1N. The summed E-state index contributed by atoms with van der Waals surface area (Å²) in [5.41, 5.74) is 9.04. The summed E-state index contributed by atoms with van der Waals surface area (Å²) in [6, 6.07) is 8.66. The lowest BCUT2D eigenvalue weighted by atomic mass is 10.1. The second kappa shape index (κ2) is 5.61. The molecule has 0 atom stereocenters. The summed E-state index contributed by atoms with van der Waals surface area (Å²) in [6.07, 6.45) is 0. The highest BCUT2D eigenvalue weighted by atomic mass is 79.9. The van der Waals surface area contributed by atoms with Crippen molar-refractivity contribution in [2.75, 3.05) is 5.73 Å². The van der Waals surface area contributed by atoms with Gasteiger partial charge >= 0.3 is 0 Å². The van der Waals surface area contributed by atoms with E-state index in [0.29, 0.717) is 21.5 Å². The molecule has 100 valence electrons. The normalized spacial score (nSPS) is 10.5. The summed E-state index contributed by atoms with van der Waals surface area (Å²) < 4.78 is 20.0. The molecule has 0 aliphatic carbocycles. The van der Waals surface area contributed by atoms with Crippen LogP contribution < -0.4 is 10.5 Å². The number of rotatable bonds is 3. The molecule has 0 unspecified atom stereocenters. The van der Waals surface area contributed by atoms with Crippen LogP contribution in [0.25, 0.3) is 0 Å². The lowest BCUT2D eigenvalue weighted by Gasteiger charge is -2.12. The lowest BCUT2D eigenvalue weighted by Crippen LogP contribution is -2.01. The molecule has 0 aliphatic heterocycles. The Kier molecular flexibility index (Phi) is 4.10. The van der Waals surface area contributed by atoms with Gasteiger partial charge in [0.25, 0.3) is 0 Å². The summed E-state index contributed by atoms with van der Waals surface area (Å²) in [7, 11) is 0. The van der Waals surface area contributed by atoms with Crippen molar-refractivity contribution in [1.29, 1.82) is 0 Å². The highest BCUT2D eigenvalue weighted by Gasteiger charge is 2.07. The van der Waals surface area contributed by atoms with Crippen LogP contribution in [0.4, 0.5) is 10.1 Å². The Morgan fingerprint density at radius 3 is 2.58 bits per heavy atom. The zero-order valence-electron chi connectivity index (χ0n) is 10.8. The minimum Gasteiger partial charge on any atom is -0.488 e. The molecule has 0 aliphatic rings. The number of hydrogen-bond donors (Lipinski definition) is 1. The van der Waals surface area contributed by atoms with Gasteiger partial charge in [-0.3, -0.25) is 0 Å². The van der Waals surface area contributed by atoms with E-state index in [1.807, 2.05) is 19.9 Å². The molecule has 2 nitrogen and oxygen atoms in total. The molecule has 0 aromatic heterocycles. The Morgan fingerprint density at radius 1 is 1.16 bits per heavy atom. The van der Waals surface area contributed by atoms with Crippen LogP contribution in [-0.4, -0.2) is 0 Å². The van der Waals surface area contributed by atoms with Crippen molar-refractivity contribution in [2.24, 2.45) is 0 Å². The van der Waals surface area contributed by atoms with Gasteiger partial charge in [0.05, 0.1) is 0 Å². The number of halogens is 2. The standard InChI is InChI=1S/C15H15BrFNO/c1-9-5-10(2)15(7-14(9)18)19-8-11-3-4-12(16)6-13(11)17/h3-7H,8,18H2,1-2H3. The summed E-state index contributed by atoms with van der Waals surface area (Å²) in [6.45, 7) is 4.07. The van der Waals surface area contributed by atoms with Gasteiger partial charge in [0, 0.05) is 21.8 Å². The molecular weight excluding hydrogens is 309 g/mol. The van der Waals surface area contributed by atoms with Crippen molar-refractivity contribution < 1.29 is 9.13 Å². The third-order valence-electron chi connectivity index (χ3n) is 2.96. The van der Waals surface area contributed by atoms with Crippen LogP contribution in [0.15, 0.2) is 34.8 Å². The number of anilines is 1. The fraction of sp³-hybridized carbons (Fsp3) is 0.200. The predicted octanol–water partition coefficient (Wildman–Crippen LogP) is 4.37. The Balaban J connectivity index is 2.16. The number of hydrogen-bond acceptors (Lipinski definition) is 2. The molecule has 2 aromatic rings. The average molecular weight is 324 g/mol. The van der Waals surface area contributed by atoms with Crippen molar-refractivity contribution in [2.45, 2.75) is 20.5 Å². The maximum Gasteiger partial charge on any atom is 0.130 e. The van der Waals surface area contributed by atoms with E-state index in [1.165, 1.54) is 6.07 Å². The van der Waals surface area contributed by atoms with E-state index in [9.17, 15) is 4.39 Å². The van der Waals surface area contributed by atoms with Gasteiger partial charge in [-0.2, -0.15) is 0 Å². The number of aryl methyl sites for hydroxylation is 2. The van der Waals surface area contributed by atoms with E-state index in [-0.39, 0.29) is 12.4 Å². The van der Waals surface area contributed by atoms with E-state index in [2.05, 4.69) is 15.9 Å². The van der Waals surface area contributed by atoms with Crippen molar-refractivity contribution in [3.63, 3.8) is 0 Å². The van der Waals surface area contributed by atoms with E-state index in [1.54, 1.807) is 18.2 Å². The van der Waals surface area contributed by atoms with E-state index < -0.39 is 0 Å². The van der Waals surface area contributed by atoms with Crippen molar-refractivity contribution >= 4 is 21.6 Å². The summed E-state index contributed by atoms with van der Waals surface area (Å²) in [5.74, 6) is 0.400. The molecule has 0 radical (unpaired) electrons. The zero-order valence-corrected chi connectivity index (χ0v) is 12.4. The molecular formula is C15H15BrFNO. The van der Waals surface area contributed by atoms with Crippen LogP contribution in [0.2, 0.25) is 0 Å². The van der Waals surface area contributed by atoms with Crippen molar-refractivity contribution in [3.05, 3.63) is 57.3 Å². The fourth-order valence-corrected chi connectivity index (χ4v) is 2.13. The first-order valence-corrected chi connectivity index (χ1v) is 6.70. The molecule has 2 N–H and O–H groups in total. The molecule has 0 heterocycles. The van der Waals surface area contributed by atoms with Crippen molar-refractivity contribution in [1.82, 2.24) is 0 Å². The van der Waals surface area contributed by atoms with Gasteiger partial charge in [-0.05, 0) is 37.1 Å². The first-order valence-electron chi connectivity index (χ1n) is 5.91. The van der Waals surface area contributed by atoms with Crippen LogP contribution >= 0.6 is 15.9 Å². The molecule has 2 rings (SSSR count). The smallest absolute Gasteiger partial charge is 0.130 e. The minimum atomic E-state index is -0.285. The lowest BCUT2D eigenvalue weighted by molar-refractivity contribution is 0.298. The third kappa shape index (κ3) is 3.26. The predicted molar refractivity (Wildman–Crippen MR) is 78.8 cm³/mol. The number of nitrogens with two attached hydrogens (primary N) is 1. The monoisotopic (exact) mass is 323 g/mol. The summed E-state index contributed by atoms with van der Waals surface area (Å²) in [4.78, 5) is 0. The second-order valence-electron chi connectivity index (χ2n) is 4.50. The maximum absolute atomic E-state index is 13.7.